The normalized spacial score (nSPS) is 10.9. The Labute approximate surface area is 120 Å². The number of carbonyl (C=O) groups is 1. The Balaban J connectivity index is 2.70. The van der Waals surface area contributed by atoms with Crippen LogP contribution in [0.3, 0.4) is 0 Å². The molecule has 0 aliphatic carbocycles. The van der Waals surface area contributed by atoms with Crippen molar-refractivity contribution >= 4 is 16.9 Å². The average Bonchev–Trinajstić information content (AvgIpc) is 2.40. The molecule has 0 saturated heterocycles. The van der Waals surface area contributed by atoms with E-state index in [-0.39, 0.29) is 24.5 Å². The summed E-state index contributed by atoms with van der Waals surface area (Å²) in [6.45, 7) is 1.89. The quantitative estimate of drug-likeness (QED) is 0.714. The number of aliphatic carboxylic acids is 1. The lowest BCUT2D eigenvalue weighted by Gasteiger charge is -2.12. The van der Waals surface area contributed by atoms with Gasteiger partial charge in [0.25, 0.3) is 0 Å². The number of aryl methyl sites for hydroxylation is 2. The fraction of sp³-hybridized carbons (Fsp3) is 0.357. The zero-order valence-corrected chi connectivity index (χ0v) is 11.5. The summed E-state index contributed by atoms with van der Waals surface area (Å²) in [6, 6.07) is 2.61. The minimum atomic E-state index is -1.03. The first-order chi connectivity index (χ1) is 9.93. The predicted octanol–water partition coefficient (Wildman–Crippen LogP) is 1.23. The topological polar surface area (TPSA) is 113 Å². The number of carboxylic acid groups (broad SMARTS) is 1. The molecule has 0 bridgehead atoms. The monoisotopic (exact) mass is 292 g/mol. The molecule has 0 amide bonds. The molecule has 0 unspecified atom stereocenters. The summed E-state index contributed by atoms with van der Waals surface area (Å²) in [7, 11) is 0. The molecule has 1 heterocycles. The van der Waals surface area contributed by atoms with Crippen molar-refractivity contribution in [3.8, 4) is 11.5 Å². The lowest BCUT2D eigenvalue weighted by molar-refractivity contribution is -0.137. The first-order valence-electron chi connectivity index (χ1n) is 6.61. The van der Waals surface area contributed by atoms with Gasteiger partial charge in [0.05, 0.1) is 17.6 Å². The molecule has 21 heavy (non-hydrogen) atoms. The highest BCUT2D eigenvalue weighted by Gasteiger charge is 2.14. The Kier molecular flexibility index (Phi) is 4.11. The lowest BCUT2D eigenvalue weighted by atomic mass is 10.1. The summed E-state index contributed by atoms with van der Waals surface area (Å²) < 4.78 is 1.20. The van der Waals surface area contributed by atoms with Gasteiger partial charge in [-0.2, -0.15) is 4.98 Å². The molecule has 0 saturated carbocycles. The minimum Gasteiger partial charge on any atom is -0.504 e. The number of phenolic OH excluding ortho intramolecular Hbond substituents is 2. The van der Waals surface area contributed by atoms with Crippen LogP contribution in [-0.2, 0) is 17.8 Å². The van der Waals surface area contributed by atoms with Gasteiger partial charge in [-0.3, -0.25) is 9.36 Å². The summed E-state index contributed by atoms with van der Waals surface area (Å²) in [5, 5.41) is 28.5. The maximum atomic E-state index is 12.1. The van der Waals surface area contributed by atoms with Crippen LogP contribution in [0.1, 0.15) is 25.5 Å². The number of nitrogens with zero attached hydrogens (tertiary/aromatic N) is 2. The Bertz CT molecular complexity index is 751. The van der Waals surface area contributed by atoms with Crippen LogP contribution in [0, 0.1) is 0 Å². The number of aromatic hydroxyl groups is 2. The highest BCUT2D eigenvalue weighted by Crippen LogP contribution is 2.31. The number of hydrogen-bond acceptors (Lipinski definition) is 5. The molecular formula is C14H16N2O5. The number of phenols is 2. The molecule has 2 aromatic rings. The van der Waals surface area contributed by atoms with Crippen LogP contribution in [0.25, 0.3) is 10.9 Å². The van der Waals surface area contributed by atoms with E-state index in [9.17, 15) is 19.8 Å². The van der Waals surface area contributed by atoms with Gasteiger partial charge in [-0.1, -0.05) is 13.3 Å². The molecule has 112 valence electrons. The van der Waals surface area contributed by atoms with E-state index in [1.54, 1.807) is 0 Å². The van der Waals surface area contributed by atoms with E-state index in [0.29, 0.717) is 23.0 Å². The van der Waals surface area contributed by atoms with Gasteiger partial charge in [0.15, 0.2) is 11.5 Å². The van der Waals surface area contributed by atoms with Crippen molar-refractivity contribution in [3.63, 3.8) is 0 Å². The molecular weight excluding hydrogens is 276 g/mol. The number of benzene rings is 1. The van der Waals surface area contributed by atoms with Crippen LogP contribution in [0.5, 0.6) is 11.5 Å². The summed E-state index contributed by atoms with van der Waals surface area (Å²) in [4.78, 5) is 26.7. The van der Waals surface area contributed by atoms with Gasteiger partial charge in [0.2, 0.25) is 0 Å². The molecule has 0 radical (unpaired) electrons. The summed E-state index contributed by atoms with van der Waals surface area (Å²) >= 11 is 0. The van der Waals surface area contributed by atoms with Crippen LogP contribution >= 0.6 is 0 Å². The van der Waals surface area contributed by atoms with E-state index in [0.717, 1.165) is 6.42 Å². The Morgan fingerprint density at radius 2 is 1.95 bits per heavy atom. The van der Waals surface area contributed by atoms with Gasteiger partial charge in [-0.25, -0.2) is 4.79 Å². The van der Waals surface area contributed by atoms with E-state index in [1.165, 1.54) is 16.7 Å². The first-order valence-corrected chi connectivity index (χ1v) is 6.61. The third-order valence-corrected chi connectivity index (χ3v) is 3.19. The molecule has 2 rings (SSSR count). The Morgan fingerprint density at radius 3 is 2.57 bits per heavy atom. The van der Waals surface area contributed by atoms with E-state index in [1.807, 2.05) is 6.92 Å². The second-order valence-electron chi connectivity index (χ2n) is 4.74. The van der Waals surface area contributed by atoms with Crippen molar-refractivity contribution in [2.24, 2.45) is 0 Å². The molecule has 1 aromatic heterocycles. The number of aromatic nitrogens is 2. The number of carboxylic acids is 1. The van der Waals surface area contributed by atoms with E-state index < -0.39 is 11.7 Å². The maximum absolute atomic E-state index is 12.1. The van der Waals surface area contributed by atoms with Crippen LogP contribution in [0.15, 0.2) is 16.9 Å². The van der Waals surface area contributed by atoms with Gasteiger partial charge in [0, 0.05) is 18.0 Å². The maximum Gasteiger partial charge on any atom is 0.348 e. The fourth-order valence-electron chi connectivity index (χ4n) is 2.21. The molecule has 0 aliphatic heterocycles. The van der Waals surface area contributed by atoms with E-state index >= 15 is 0 Å². The third kappa shape index (κ3) is 2.96. The van der Waals surface area contributed by atoms with Gasteiger partial charge < -0.3 is 15.3 Å². The molecule has 0 aliphatic rings. The second kappa shape index (κ2) is 5.82. The van der Waals surface area contributed by atoms with Gasteiger partial charge >= 0.3 is 11.7 Å². The smallest absolute Gasteiger partial charge is 0.348 e. The van der Waals surface area contributed by atoms with Crippen molar-refractivity contribution in [2.45, 2.75) is 32.7 Å². The van der Waals surface area contributed by atoms with Crippen molar-refractivity contribution in [3.05, 3.63) is 28.3 Å². The van der Waals surface area contributed by atoms with Gasteiger partial charge in [-0.15, -0.1) is 0 Å². The van der Waals surface area contributed by atoms with Crippen molar-refractivity contribution in [1.82, 2.24) is 9.55 Å². The standard InChI is InChI=1S/C14H16N2O5/c1-2-3-9-8-6-11(17)12(18)7-10(8)16(14(21)15-9)5-4-13(19)20/h6-7,17-18H,2-5H2,1H3,(H,19,20). The van der Waals surface area contributed by atoms with Gasteiger partial charge in [0.1, 0.15) is 0 Å². The molecule has 1 aromatic carbocycles. The molecule has 0 atom stereocenters. The van der Waals surface area contributed by atoms with Gasteiger partial charge in [-0.05, 0) is 12.5 Å². The molecule has 7 nitrogen and oxygen atoms in total. The van der Waals surface area contributed by atoms with Crippen LogP contribution in [-0.4, -0.2) is 30.8 Å². The third-order valence-electron chi connectivity index (χ3n) is 3.19. The Morgan fingerprint density at radius 1 is 1.29 bits per heavy atom. The molecule has 0 spiro atoms. The summed E-state index contributed by atoms with van der Waals surface area (Å²) in [6.07, 6.45) is 1.09. The SMILES string of the molecule is CCCc1nc(=O)n(CCC(=O)O)c2cc(O)c(O)cc12. The van der Waals surface area contributed by atoms with Crippen molar-refractivity contribution in [1.29, 1.82) is 0 Å². The largest absolute Gasteiger partial charge is 0.504 e. The first kappa shape index (κ1) is 14.8. The highest BCUT2D eigenvalue weighted by atomic mass is 16.4. The Hall–Kier alpha value is -2.57. The molecule has 7 heteroatoms. The van der Waals surface area contributed by atoms with E-state index in [4.69, 9.17) is 5.11 Å². The minimum absolute atomic E-state index is 0.0473. The summed E-state index contributed by atoms with van der Waals surface area (Å²) in [5.74, 6) is -1.69. The van der Waals surface area contributed by atoms with Crippen molar-refractivity contribution in [2.75, 3.05) is 0 Å². The number of rotatable bonds is 5. The van der Waals surface area contributed by atoms with Crippen LogP contribution in [0.2, 0.25) is 0 Å². The van der Waals surface area contributed by atoms with Crippen LogP contribution in [0.4, 0.5) is 0 Å². The predicted molar refractivity (Wildman–Crippen MR) is 75.6 cm³/mol. The molecule has 0 fully saturated rings. The fourth-order valence-corrected chi connectivity index (χ4v) is 2.21. The molecule has 3 N–H and O–H groups in total. The zero-order valence-electron chi connectivity index (χ0n) is 11.5. The number of hydrogen-bond donors (Lipinski definition) is 3. The second-order valence-corrected chi connectivity index (χ2v) is 4.74. The zero-order chi connectivity index (χ0) is 15.6. The average molecular weight is 292 g/mol. The van der Waals surface area contributed by atoms with E-state index in [2.05, 4.69) is 4.98 Å². The summed E-state index contributed by atoms with van der Waals surface area (Å²) in [5.41, 5.74) is 0.340. The number of fused-ring (bicyclic) bond motifs is 1. The highest BCUT2D eigenvalue weighted by molar-refractivity contribution is 5.85. The lowest BCUT2D eigenvalue weighted by Crippen LogP contribution is -2.26. The van der Waals surface area contributed by atoms with Crippen LogP contribution < -0.4 is 5.69 Å². The van der Waals surface area contributed by atoms with Crippen molar-refractivity contribution < 1.29 is 20.1 Å².